The predicted molar refractivity (Wildman–Crippen MR) is 114 cm³/mol. The lowest BCUT2D eigenvalue weighted by Crippen LogP contribution is -2.45. The lowest BCUT2D eigenvalue weighted by molar-refractivity contribution is -0.143. The summed E-state index contributed by atoms with van der Waals surface area (Å²) in [6.07, 6.45) is 1.53. The fraction of sp³-hybridized carbons (Fsp3) is 0.440. The maximum absolute atomic E-state index is 15.0. The van der Waals surface area contributed by atoms with Crippen LogP contribution in [0.1, 0.15) is 47.5 Å². The lowest BCUT2D eigenvalue weighted by Gasteiger charge is -2.34. The van der Waals surface area contributed by atoms with Crippen LogP contribution in [-0.4, -0.2) is 53.6 Å². The number of carboxylic acid groups (broad SMARTS) is 1. The van der Waals surface area contributed by atoms with Crippen LogP contribution in [0, 0.1) is 11.2 Å². The summed E-state index contributed by atoms with van der Waals surface area (Å²) >= 11 is 0. The first kappa shape index (κ1) is 21.9. The summed E-state index contributed by atoms with van der Waals surface area (Å²) < 4.78 is 49.8. The first-order valence-electron chi connectivity index (χ1n) is 11.2. The summed E-state index contributed by atoms with van der Waals surface area (Å²) in [7, 11) is 0. The highest BCUT2D eigenvalue weighted by Gasteiger charge is 2.80. The molecular formula is C25H24F3NO4. The summed E-state index contributed by atoms with van der Waals surface area (Å²) in [6.45, 7) is 1.14. The van der Waals surface area contributed by atoms with Crippen molar-refractivity contribution >= 4 is 11.9 Å². The first-order valence-corrected chi connectivity index (χ1v) is 11.2. The zero-order valence-corrected chi connectivity index (χ0v) is 17.9. The minimum Gasteiger partial charge on any atom is -0.478 e. The molecule has 0 bridgehead atoms. The van der Waals surface area contributed by atoms with Gasteiger partial charge in [0.05, 0.1) is 16.9 Å². The zero-order valence-electron chi connectivity index (χ0n) is 17.9. The van der Waals surface area contributed by atoms with E-state index in [4.69, 9.17) is 9.84 Å². The Bertz CT molecular complexity index is 1090. The van der Waals surface area contributed by atoms with Crippen molar-refractivity contribution in [1.82, 2.24) is 4.90 Å². The molecule has 2 heterocycles. The van der Waals surface area contributed by atoms with Gasteiger partial charge in [0.25, 0.3) is 11.8 Å². The monoisotopic (exact) mass is 459 g/mol. The number of aromatic carboxylic acids is 1. The molecule has 2 saturated heterocycles. The summed E-state index contributed by atoms with van der Waals surface area (Å²) in [5.74, 6) is -5.67. The molecule has 1 spiro atoms. The topological polar surface area (TPSA) is 66.8 Å². The number of nitrogens with zero attached hydrogens (tertiary/aromatic N) is 1. The average molecular weight is 459 g/mol. The number of piperidine rings is 1. The normalized spacial score (nSPS) is 25.2. The van der Waals surface area contributed by atoms with Gasteiger partial charge in [0, 0.05) is 25.3 Å². The smallest absolute Gasteiger partial charge is 0.335 e. The van der Waals surface area contributed by atoms with Gasteiger partial charge < -0.3 is 14.7 Å². The third kappa shape index (κ3) is 3.51. The lowest BCUT2D eigenvalue weighted by atomic mass is 9.87. The number of likely N-dealkylation sites (tertiary alicyclic amines) is 1. The first-order chi connectivity index (χ1) is 15.7. The molecule has 174 valence electrons. The molecule has 33 heavy (non-hydrogen) atoms. The number of ether oxygens (including phenoxy) is 1. The number of carbonyl (C=O) groups is 2. The van der Waals surface area contributed by atoms with Crippen molar-refractivity contribution in [3.63, 3.8) is 0 Å². The summed E-state index contributed by atoms with van der Waals surface area (Å²) in [6, 6.07) is 9.75. The number of alkyl halides is 2. The number of hydrogen-bond acceptors (Lipinski definition) is 3. The number of amides is 1. The predicted octanol–water partition coefficient (Wildman–Crippen LogP) is 4.71. The molecule has 2 aromatic rings. The highest BCUT2D eigenvalue weighted by molar-refractivity contribution is 5.89. The molecule has 8 heteroatoms. The van der Waals surface area contributed by atoms with E-state index in [1.54, 1.807) is 29.2 Å². The van der Waals surface area contributed by atoms with Crippen molar-refractivity contribution in [3.05, 3.63) is 59.4 Å². The molecule has 2 atom stereocenters. The van der Waals surface area contributed by atoms with Gasteiger partial charge in [-0.2, -0.15) is 0 Å². The highest BCUT2D eigenvalue weighted by Crippen LogP contribution is 2.75. The van der Waals surface area contributed by atoms with Crippen LogP contribution in [0.4, 0.5) is 13.2 Å². The van der Waals surface area contributed by atoms with E-state index >= 15 is 8.78 Å². The van der Waals surface area contributed by atoms with Crippen molar-refractivity contribution in [1.29, 1.82) is 0 Å². The van der Waals surface area contributed by atoms with Crippen molar-refractivity contribution < 1.29 is 32.6 Å². The molecule has 3 fully saturated rings. The zero-order chi connectivity index (χ0) is 23.4. The standard InChI is InChI=1S/C25H24F3NO4/c26-19-8-7-17(23(31)32)14-18(19)15-3-5-16(6-4-15)21-24(25(21,27)28)9-11-29(12-10-24)22(30)20-2-1-13-33-20/h3-8,14,20-21H,1-2,9-13H2,(H,31,32)/t20-,21-/m1/s1. The number of rotatable bonds is 4. The number of halogens is 3. The Kier molecular flexibility index (Phi) is 5.23. The van der Waals surface area contributed by atoms with Crippen LogP contribution >= 0.6 is 0 Å². The molecule has 0 radical (unpaired) electrons. The van der Waals surface area contributed by atoms with E-state index in [-0.39, 0.29) is 43.0 Å². The van der Waals surface area contributed by atoms with Crippen LogP contribution in [0.25, 0.3) is 11.1 Å². The summed E-state index contributed by atoms with van der Waals surface area (Å²) in [4.78, 5) is 25.4. The van der Waals surface area contributed by atoms with Gasteiger partial charge in [-0.1, -0.05) is 24.3 Å². The maximum atomic E-state index is 15.0. The van der Waals surface area contributed by atoms with Gasteiger partial charge in [-0.05, 0) is 55.0 Å². The molecule has 2 aromatic carbocycles. The molecule has 1 aliphatic carbocycles. The second-order valence-electron chi connectivity index (χ2n) is 9.16. The molecule has 2 aliphatic heterocycles. The van der Waals surface area contributed by atoms with Gasteiger partial charge in [-0.15, -0.1) is 0 Å². The highest BCUT2D eigenvalue weighted by atomic mass is 19.3. The van der Waals surface area contributed by atoms with Gasteiger partial charge in [-0.3, -0.25) is 4.79 Å². The fourth-order valence-corrected chi connectivity index (χ4v) is 5.50. The molecule has 0 aromatic heterocycles. The van der Waals surface area contributed by atoms with E-state index in [9.17, 15) is 14.0 Å². The van der Waals surface area contributed by atoms with Crippen LogP contribution in [-0.2, 0) is 9.53 Å². The number of carboxylic acids is 1. The van der Waals surface area contributed by atoms with Crippen molar-refractivity contribution in [3.8, 4) is 11.1 Å². The largest absolute Gasteiger partial charge is 0.478 e. The van der Waals surface area contributed by atoms with Crippen LogP contribution < -0.4 is 0 Å². The Morgan fingerprint density at radius 2 is 1.76 bits per heavy atom. The van der Waals surface area contributed by atoms with E-state index < -0.39 is 35.1 Å². The van der Waals surface area contributed by atoms with Gasteiger partial charge in [0.1, 0.15) is 11.9 Å². The van der Waals surface area contributed by atoms with Crippen molar-refractivity contribution in [2.24, 2.45) is 5.41 Å². The SMILES string of the molecule is O=C(O)c1ccc(F)c(-c2ccc([C@H]3C(F)(F)C34CCN(C(=O)[C@H]3CCCO3)CC4)cc2)c1. The summed E-state index contributed by atoms with van der Waals surface area (Å²) in [5, 5.41) is 9.15. The molecule has 1 amide bonds. The quantitative estimate of drug-likeness (QED) is 0.719. The van der Waals surface area contributed by atoms with E-state index in [0.29, 0.717) is 24.2 Å². The Morgan fingerprint density at radius 1 is 1.06 bits per heavy atom. The van der Waals surface area contributed by atoms with Gasteiger partial charge in [0.2, 0.25) is 0 Å². The van der Waals surface area contributed by atoms with Crippen LogP contribution in [0.2, 0.25) is 0 Å². The Labute approximate surface area is 189 Å². The molecule has 5 nitrogen and oxygen atoms in total. The summed E-state index contributed by atoms with van der Waals surface area (Å²) in [5.41, 5.74) is -0.213. The van der Waals surface area contributed by atoms with Crippen molar-refractivity contribution in [2.75, 3.05) is 19.7 Å². The molecule has 1 N–H and O–H groups in total. The Morgan fingerprint density at radius 3 is 2.36 bits per heavy atom. The maximum Gasteiger partial charge on any atom is 0.335 e. The van der Waals surface area contributed by atoms with E-state index in [0.717, 1.165) is 12.5 Å². The minimum atomic E-state index is -2.87. The third-order valence-corrected chi connectivity index (χ3v) is 7.44. The van der Waals surface area contributed by atoms with Gasteiger partial charge in [0.15, 0.2) is 0 Å². The molecule has 1 saturated carbocycles. The second-order valence-corrected chi connectivity index (χ2v) is 9.16. The van der Waals surface area contributed by atoms with Crippen molar-refractivity contribution in [2.45, 2.75) is 43.6 Å². The number of benzene rings is 2. The fourth-order valence-electron chi connectivity index (χ4n) is 5.50. The van der Waals surface area contributed by atoms with E-state index in [1.807, 2.05) is 0 Å². The number of carbonyl (C=O) groups excluding carboxylic acids is 1. The number of hydrogen-bond donors (Lipinski definition) is 1. The van der Waals surface area contributed by atoms with E-state index in [1.165, 1.54) is 12.1 Å². The van der Waals surface area contributed by atoms with Crippen LogP contribution in [0.15, 0.2) is 42.5 Å². The Hall–Kier alpha value is -2.87. The molecule has 3 aliphatic rings. The van der Waals surface area contributed by atoms with Crippen LogP contribution in [0.3, 0.4) is 0 Å². The average Bonchev–Trinajstić information content (AvgIpc) is 3.16. The van der Waals surface area contributed by atoms with E-state index in [2.05, 4.69) is 0 Å². The van der Waals surface area contributed by atoms with Gasteiger partial charge in [-0.25, -0.2) is 18.0 Å². The molecule has 5 rings (SSSR count). The van der Waals surface area contributed by atoms with Crippen LogP contribution in [0.5, 0.6) is 0 Å². The minimum absolute atomic E-state index is 0.0486. The second kappa shape index (κ2) is 7.87. The molecular weight excluding hydrogens is 435 g/mol. The Balaban J connectivity index is 1.32. The molecule has 0 unspecified atom stereocenters. The third-order valence-electron chi connectivity index (χ3n) is 7.44. The van der Waals surface area contributed by atoms with Gasteiger partial charge >= 0.3 is 5.97 Å².